The van der Waals surface area contributed by atoms with E-state index in [9.17, 15) is 4.79 Å². The molecule has 0 spiro atoms. The lowest BCUT2D eigenvalue weighted by molar-refractivity contribution is -0.118. The van der Waals surface area contributed by atoms with Crippen LogP contribution in [0.25, 0.3) is 0 Å². The average Bonchev–Trinajstić information content (AvgIpc) is 2.68. The number of aromatic nitrogens is 2. The Bertz CT molecular complexity index is 851. The first-order valence-electron chi connectivity index (χ1n) is 7.76. The Kier molecular flexibility index (Phi) is 5.11. The number of carbonyl (C=O) groups excluding carboxylic acids is 1. The van der Waals surface area contributed by atoms with Crippen LogP contribution in [0.15, 0.2) is 84.1 Å². The Hall–Kier alpha value is -3.54. The summed E-state index contributed by atoms with van der Waals surface area (Å²) in [5.41, 5.74) is 7.42. The van der Waals surface area contributed by atoms with Gasteiger partial charge in [0.1, 0.15) is 11.9 Å². The minimum absolute atomic E-state index is 0.169. The fourth-order valence-electron chi connectivity index (χ4n) is 2.29. The topological polar surface area (TPSA) is 93.3 Å². The number of nitrogens with zero attached hydrogens (tertiary/aromatic N) is 3. The quantitative estimate of drug-likeness (QED) is 0.553. The predicted octanol–water partition coefficient (Wildman–Crippen LogP) is 2.56. The maximum atomic E-state index is 12.7. The molecule has 0 aliphatic rings. The van der Waals surface area contributed by atoms with Crippen LogP contribution in [0, 0.1) is 0 Å². The van der Waals surface area contributed by atoms with Crippen LogP contribution in [0.5, 0.6) is 0 Å². The van der Waals surface area contributed by atoms with Crippen LogP contribution in [0.1, 0.15) is 17.2 Å². The molecule has 1 unspecified atom stereocenters. The van der Waals surface area contributed by atoms with Crippen LogP contribution in [0.2, 0.25) is 0 Å². The zero-order chi connectivity index (χ0) is 17.5. The van der Waals surface area contributed by atoms with Crippen LogP contribution in [-0.4, -0.2) is 21.7 Å². The molecule has 1 atom stereocenters. The maximum absolute atomic E-state index is 12.7. The van der Waals surface area contributed by atoms with Gasteiger partial charge in [0.05, 0.1) is 0 Å². The molecule has 25 heavy (non-hydrogen) atoms. The van der Waals surface area contributed by atoms with Crippen molar-refractivity contribution in [1.82, 2.24) is 9.97 Å². The third-order valence-electron chi connectivity index (χ3n) is 3.52. The number of benzene rings is 2. The first kappa shape index (κ1) is 16.3. The number of rotatable bonds is 5. The maximum Gasteiger partial charge on any atom is 0.274 e. The number of hydrogen-bond donors (Lipinski definition) is 2. The fourth-order valence-corrected chi connectivity index (χ4v) is 2.29. The van der Waals surface area contributed by atoms with E-state index in [4.69, 9.17) is 5.73 Å². The third kappa shape index (κ3) is 4.26. The van der Waals surface area contributed by atoms with E-state index in [1.165, 1.54) is 0 Å². The summed E-state index contributed by atoms with van der Waals surface area (Å²) >= 11 is 0. The summed E-state index contributed by atoms with van der Waals surface area (Å²) in [7, 11) is 0. The summed E-state index contributed by atoms with van der Waals surface area (Å²) in [6, 6.07) is 19.4. The van der Waals surface area contributed by atoms with Crippen LogP contribution in [0.4, 0.5) is 5.95 Å². The van der Waals surface area contributed by atoms with Crippen LogP contribution < -0.4 is 11.1 Å². The Morgan fingerprint density at radius 1 is 0.920 bits per heavy atom. The van der Waals surface area contributed by atoms with Crippen molar-refractivity contribution in [2.75, 3.05) is 5.32 Å². The van der Waals surface area contributed by atoms with E-state index in [2.05, 4.69) is 20.3 Å². The molecule has 3 aromatic rings. The molecule has 6 heteroatoms. The number of amidine groups is 1. The molecule has 3 rings (SSSR count). The summed E-state index contributed by atoms with van der Waals surface area (Å²) in [5.74, 6) is 0.0977. The highest BCUT2D eigenvalue weighted by Crippen LogP contribution is 2.19. The van der Waals surface area contributed by atoms with Crippen LogP contribution >= 0.6 is 0 Å². The van der Waals surface area contributed by atoms with Crippen molar-refractivity contribution in [2.24, 2.45) is 10.7 Å². The van der Waals surface area contributed by atoms with E-state index >= 15 is 0 Å². The van der Waals surface area contributed by atoms with Gasteiger partial charge in [-0.05, 0) is 11.6 Å². The minimum Gasteiger partial charge on any atom is -0.383 e. The summed E-state index contributed by atoms with van der Waals surface area (Å²) < 4.78 is 0. The Balaban J connectivity index is 1.90. The molecule has 0 aliphatic carbocycles. The molecular weight excluding hydrogens is 314 g/mol. The lowest BCUT2D eigenvalue weighted by Crippen LogP contribution is -2.24. The van der Waals surface area contributed by atoms with Gasteiger partial charge < -0.3 is 11.1 Å². The second kappa shape index (κ2) is 7.83. The normalized spacial score (nSPS) is 12.4. The van der Waals surface area contributed by atoms with E-state index in [1.807, 2.05) is 48.5 Å². The van der Waals surface area contributed by atoms with Crippen molar-refractivity contribution < 1.29 is 4.79 Å². The smallest absolute Gasteiger partial charge is 0.274 e. The highest BCUT2D eigenvalue weighted by Gasteiger charge is 2.21. The first-order valence-corrected chi connectivity index (χ1v) is 7.76. The minimum atomic E-state index is -0.731. The van der Waals surface area contributed by atoms with Gasteiger partial charge in [-0.2, -0.15) is 4.99 Å². The predicted molar refractivity (Wildman–Crippen MR) is 97.0 cm³/mol. The first-order chi connectivity index (χ1) is 12.2. The van der Waals surface area contributed by atoms with Gasteiger partial charge >= 0.3 is 0 Å². The molecule has 1 amide bonds. The van der Waals surface area contributed by atoms with Crippen molar-refractivity contribution >= 4 is 17.7 Å². The number of hydrogen-bond acceptors (Lipinski definition) is 4. The van der Waals surface area contributed by atoms with Gasteiger partial charge in [0.25, 0.3) is 5.91 Å². The van der Waals surface area contributed by atoms with Crippen molar-refractivity contribution in [2.45, 2.75) is 6.04 Å². The number of aliphatic imine (C=N–C) groups is 1. The van der Waals surface area contributed by atoms with Gasteiger partial charge in [0.2, 0.25) is 5.95 Å². The fraction of sp³-hybridized carbons (Fsp3) is 0.0526. The zero-order valence-corrected chi connectivity index (χ0v) is 13.4. The average molecular weight is 331 g/mol. The zero-order valence-electron chi connectivity index (χ0n) is 13.4. The molecule has 0 aliphatic heterocycles. The molecule has 2 aromatic carbocycles. The Morgan fingerprint density at radius 2 is 1.52 bits per heavy atom. The molecular formula is C19H17N5O. The van der Waals surface area contributed by atoms with Crippen molar-refractivity contribution in [1.29, 1.82) is 0 Å². The molecule has 124 valence electrons. The van der Waals surface area contributed by atoms with Crippen LogP contribution in [0.3, 0.4) is 0 Å². The molecule has 6 nitrogen and oxygen atoms in total. The monoisotopic (exact) mass is 331 g/mol. The molecule has 0 bridgehead atoms. The number of nitrogens with two attached hydrogens (primary N) is 1. The summed E-state index contributed by atoms with van der Waals surface area (Å²) in [6.07, 6.45) is 3.20. The van der Waals surface area contributed by atoms with Gasteiger partial charge in [0, 0.05) is 18.0 Å². The van der Waals surface area contributed by atoms with E-state index in [1.54, 1.807) is 30.6 Å². The molecule has 3 N–H and O–H groups in total. The number of carbonyl (C=O) groups is 1. The second-order valence-electron chi connectivity index (χ2n) is 5.26. The van der Waals surface area contributed by atoms with Gasteiger partial charge in [0.15, 0.2) is 0 Å². The number of anilines is 1. The van der Waals surface area contributed by atoms with Crippen molar-refractivity contribution in [3.05, 3.63) is 90.3 Å². The lowest BCUT2D eigenvalue weighted by atomic mass is 10.1. The largest absolute Gasteiger partial charge is 0.383 e. The van der Waals surface area contributed by atoms with E-state index in [0.29, 0.717) is 11.5 Å². The van der Waals surface area contributed by atoms with Gasteiger partial charge in [-0.3, -0.25) is 4.79 Å². The molecule has 1 aromatic heterocycles. The number of nitrogens with one attached hydrogen (secondary N) is 1. The molecule has 1 heterocycles. The highest BCUT2D eigenvalue weighted by molar-refractivity contribution is 6.05. The van der Waals surface area contributed by atoms with Crippen molar-refractivity contribution in [3.63, 3.8) is 0 Å². The highest BCUT2D eigenvalue weighted by atomic mass is 16.1. The molecule has 0 fully saturated rings. The summed E-state index contributed by atoms with van der Waals surface area (Å²) in [4.78, 5) is 25.0. The molecule has 0 saturated carbocycles. The Labute approximate surface area is 145 Å². The van der Waals surface area contributed by atoms with Gasteiger partial charge in [-0.1, -0.05) is 60.7 Å². The van der Waals surface area contributed by atoms with Crippen LogP contribution in [-0.2, 0) is 4.79 Å². The standard InChI is InChI=1S/C19H17N5O/c20-17(15-10-5-2-6-11-15)24-18(25)16(14-8-3-1-4-9-14)23-19-21-12-7-13-22-19/h1-13,16H,(H2,20,24,25)(H,21,22,23). The number of amides is 1. The lowest BCUT2D eigenvalue weighted by Gasteiger charge is -2.16. The third-order valence-corrected chi connectivity index (χ3v) is 3.52. The summed E-state index contributed by atoms with van der Waals surface area (Å²) in [6.45, 7) is 0. The van der Waals surface area contributed by atoms with E-state index in [0.717, 1.165) is 5.56 Å². The Morgan fingerprint density at radius 3 is 2.16 bits per heavy atom. The van der Waals surface area contributed by atoms with Crippen molar-refractivity contribution in [3.8, 4) is 0 Å². The summed E-state index contributed by atoms with van der Waals surface area (Å²) in [5, 5.41) is 3.02. The SMILES string of the molecule is NC(=NC(=O)C(Nc1ncccn1)c1ccccc1)c1ccccc1. The van der Waals surface area contributed by atoms with Gasteiger partial charge in [-0.15, -0.1) is 0 Å². The van der Waals surface area contributed by atoms with E-state index < -0.39 is 11.9 Å². The second-order valence-corrected chi connectivity index (χ2v) is 5.26. The molecule has 0 radical (unpaired) electrons. The molecule has 0 saturated heterocycles. The van der Waals surface area contributed by atoms with E-state index in [-0.39, 0.29) is 5.84 Å². The van der Waals surface area contributed by atoms with Gasteiger partial charge in [-0.25, -0.2) is 9.97 Å².